The van der Waals surface area contributed by atoms with Crippen molar-refractivity contribution in [3.05, 3.63) is 36.7 Å². The van der Waals surface area contributed by atoms with Crippen LogP contribution in [0.2, 0.25) is 0 Å². The summed E-state index contributed by atoms with van der Waals surface area (Å²) in [5.41, 5.74) is 3.38. The van der Waals surface area contributed by atoms with E-state index in [4.69, 9.17) is 0 Å². The third-order valence-electron chi connectivity index (χ3n) is 3.16. The maximum Gasteiger partial charge on any atom is 0.0978 e. The second kappa shape index (κ2) is 5.70. The Hall–Kier alpha value is -1.13. The number of aromatic amines is 1. The number of H-pyrrole nitrogens is 1. The molecule has 0 aromatic carbocycles. The first kappa shape index (κ1) is 16.9. The van der Waals surface area contributed by atoms with Gasteiger partial charge in [0.2, 0.25) is 0 Å². The fourth-order valence-corrected chi connectivity index (χ4v) is 2.65. The molecule has 1 rings (SSSR count). The lowest BCUT2D eigenvalue weighted by molar-refractivity contribution is 0.572. The van der Waals surface area contributed by atoms with Crippen LogP contribution in [0.4, 0.5) is 0 Å². The number of allylic oxidation sites excluding steroid dienone is 1. The molecule has 0 fully saturated rings. The number of hydrogen-bond acceptors (Lipinski definition) is 1. The molecule has 1 heterocycles. The fourth-order valence-electron chi connectivity index (χ4n) is 1.76. The molecule has 0 saturated carbocycles. The van der Waals surface area contributed by atoms with Gasteiger partial charge in [0.05, 0.1) is 15.7 Å². The van der Waals surface area contributed by atoms with E-state index in [0.29, 0.717) is 0 Å². The monoisotopic (exact) mass is 294 g/mol. The van der Waals surface area contributed by atoms with Crippen molar-refractivity contribution in [2.24, 2.45) is 0 Å². The lowest BCUT2D eigenvalue weighted by Crippen LogP contribution is -2.46. The van der Waals surface area contributed by atoms with Gasteiger partial charge in [-0.2, -0.15) is 0 Å². The summed E-state index contributed by atoms with van der Waals surface area (Å²) in [7, 11) is -1.15. The topological polar surface area (TPSA) is 44.9 Å². The number of aromatic nitrogens is 1. The first-order valence-corrected chi connectivity index (χ1v) is 7.84. The van der Waals surface area contributed by atoms with Gasteiger partial charge in [-0.1, -0.05) is 13.2 Å². The molecule has 0 aliphatic rings. The molecule has 2 N–H and O–H groups in total. The van der Waals surface area contributed by atoms with Crippen molar-refractivity contribution in [3.63, 3.8) is 0 Å². The molecule has 1 atom stereocenters. The Balaban J connectivity index is 3.03. The van der Waals surface area contributed by atoms with E-state index >= 15 is 0 Å². The fraction of sp³-hybridized carbons (Fsp3) is 0.500. The van der Waals surface area contributed by atoms with E-state index in [1.54, 1.807) is 0 Å². The summed E-state index contributed by atoms with van der Waals surface area (Å²) in [6.07, 6.45) is 1.88. The minimum atomic E-state index is -1.15. The van der Waals surface area contributed by atoms with Crippen LogP contribution in [0, 0.1) is 0 Å². The van der Waals surface area contributed by atoms with Crippen molar-refractivity contribution in [2.45, 2.75) is 51.8 Å². The molecule has 1 aromatic heterocycles. The summed E-state index contributed by atoms with van der Waals surface area (Å²) in [6, 6.07) is 1.98. The van der Waals surface area contributed by atoms with Crippen LogP contribution in [0.5, 0.6) is 0 Å². The van der Waals surface area contributed by atoms with Crippen LogP contribution >= 0.6 is 0 Å². The Morgan fingerprint density at radius 1 is 1.25 bits per heavy atom. The first-order valence-electron chi connectivity index (χ1n) is 6.69. The van der Waals surface area contributed by atoms with Gasteiger partial charge in [-0.05, 0) is 58.8 Å². The Labute approximate surface area is 125 Å². The highest BCUT2D eigenvalue weighted by Crippen LogP contribution is 2.31. The SMILES string of the molecule is C=C(C)c1[nH]ccc1C(=C)C(C)(C)NS(=O)C(C)(C)C. The molecule has 20 heavy (non-hydrogen) atoms. The first-order chi connectivity index (χ1) is 8.97. The van der Waals surface area contributed by atoms with Gasteiger partial charge in [0, 0.05) is 23.0 Å². The van der Waals surface area contributed by atoms with Crippen LogP contribution in [0.15, 0.2) is 25.4 Å². The van der Waals surface area contributed by atoms with Crippen LogP contribution in [-0.4, -0.2) is 19.5 Å². The van der Waals surface area contributed by atoms with Crippen molar-refractivity contribution in [1.29, 1.82) is 0 Å². The predicted octanol–water partition coefficient (Wildman–Crippen LogP) is 3.89. The third-order valence-corrected chi connectivity index (χ3v) is 4.97. The highest BCUT2D eigenvalue weighted by molar-refractivity contribution is 7.84. The predicted molar refractivity (Wildman–Crippen MR) is 89.6 cm³/mol. The molecule has 3 nitrogen and oxygen atoms in total. The third kappa shape index (κ3) is 3.70. The van der Waals surface area contributed by atoms with Gasteiger partial charge in [-0.3, -0.25) is 0 Å². The van der Waals surface area contributed by atoms with Crippen molar-refractivity contribution < 1.29 is 4.21 Å². The zero-order chi connectivity index (χ0) is 15.7. The smallest absolute Gasteiger partial charge is 0.0978 e. The van der Waals surface area contributed by atoms with E-state index in [-0.39, 0.29) is 4.75 Å². The van der Waals surface area contributed by atoms with E-state index in [1.807, 2.05) is 53.8 Å². The molecule has 112 valence electrons. The minimum Gasteiger partial charge on any atom is -0.361 e. The molecule has 0 bridgehead atoms. The van der Waals surface area contributed by atoms with Gasteiger partial charge in [0.1, 0.15) is 0 Å². The highest BCUT2D eigenvalue weighted by atomic mass is 32.2. The van der Waals surface area contributed by atoms with Gasteiger partial charge in [0.15, 0.2) is 0 Å². The van der Waals surface area contributed by atoms with Crippen LogP contribution in [0.3, 0.4) is 0 Å². The largest absolute Gasteiger partial charge is 0.361 e. The minimum absolute atomic E-state index is 0.313. The Bertz CT molecular complexity index is 547. The Kier molecular flexibility index (Phi) is 4.82. The van der Waals surface area contributed by atoms with Crippen LogP contribution in [0.25, 0.3) is 11.1 Å². The zero-order valence-corrected chi connectivity index (χ0v) is 14.2. The van der Waals surface area contributed by atoms with Crippen LogP contribution < -0.4 is 4.72 Å². The van der Waals surface area contributed by atoms with Crippen LogP contribution in [-0.2, 0) is 11.0 Å². The van der Waals surface area contributed by atoms with Gasteiger partial charge in [-0.15, -0.1) is 0 Å². The number of hydrogen-bond donors (Lipinski definition) is 2. The molecule has 0 amide bonds. The standard InChI is InChI=1S/C16H26N2OS/c1-11(2)14-13(9-10-17-14)12(3)16(7,8)18-20(19)15(4,5)6/h9-10,17-18H,1,3H2,2,4-8H3. The van der Waals surface area contributed by atoms with Crippen molar-refractivity contribution in [2.75, 3.05) is 0 Å². The number of nitrogens with one attached hydrogen (secondary N) is 2. The van der Waals surface area contributed by atoms with E-state index in [2.05, 4.69) is 22.9 Å². The molecule has 0 spiro atoms. The summed E-state index contributed by atoms with van der Waals surface area (Å²) >= 11 is 0. The molecular formula is C16H26N2OS. The molecule has 0 saturated heterocycles. The molecule has 0 radical (unpaired) electrons. The van der Waals surface area contributed by atoms with E-state index in [1.165, 1.54) is 0 Å². The summed E-state index contributed by atoms with van der Waals surface area (Å²) in [5.74, 6) is 0. The lowest BCUT2D eigenvalue weighted by Gasteiger charge is -2.32. The molecule has 0 aliphatic heterocycles. The van der Waals surface area contributed by atoms with Gasteiger partial charge < -0.3 is 4.98 Å². The molecule has 4 heteroatoms. The average molecular weight is 294 g/mol. The number of rotatable bonds is 5. The molecule has 0 aliphatic carbocycles. The van der Waals surface area contributed by atoms with E-state index < -0.39 is 16.5 Å². The highest BCUT2D eigenvalue weighted by Gasteiger charge is 2.30. The lowest BCUT2D eigenvalue weighted by atomic mass is 9.89. The molecular weight excluding hydrogens is 268 g/mol. The molecule has 1 unspecified atom stereocenters. The van der Waals surface area contributed by atoms with Crippen molar-refractivity contribution in [1.82, 2.24) is 9.71 Å². The Morgan fingerprint density at radius 3 is 2.25 bits per heavy atom. The quantitative estimate of drug-likeness (QED) is 0.850. The van der Waals surface area contributed by atoms with Gasteiger partial charge in [-0.25, -0.2) is 8.93 Å². The Morgan fingerprint density at radius 2 is 1.80 bits per heavy atom. The summed E-state index contributed by atoms with van der Waals surface area (Å²) < 4.78 is 15.2. The second-order valence-electron chi connectivity index (χ2n) is 6.63. The maximum absolute atomic E-state index is 12.3. The van der Waals surface area contributed by atoms with Crippen molar-refractivity contribution in [3.8, 4) is 0 Å². The van der Waals surface area contributed by atoms with Gasteiger partial charge >= 0.3 is 0 Å². The van der Waals surface area contributed by atoms with E-state index in [9.17, 15) is 4.21 Å². The summed E-state index contributed by atoms with van der Waals surface area (Å²) in [4.78, 5) is 3.18. The van der Waals surface area contributed by atoms with Crippen LogP contribution in [0.1, 0.15) is 52.8 Å². The average Bonchev–Trinajstić information content (AvgIpc) is 2.74. The molecule has 1 aromatic rings. The van der Waals surface area contributed by atoms with Crippen molar-refractivity contribution >= 4 is 22.1 Å². The second-order valence-corrected chi connectivity index (χ2v) is 8.60. The van der Waals surface area contributed by atoms with Gasteiger partial charge in [0.25, 0.3) is 0 Å². The zero-order valence-electron chi connectivity index (χ0n) is 13.4. The van der Waals surface area contributed by atoms with E-state index in [0.717, 1.165) is 22.4 Å². The normalized spacial score (nSPS) is 14.1. The maximum atomic E-state index is 12.3. The summed E-state index contributed by atoms with van der Waals surface area (Å²) in [6.45, 7) is 19.9. The summed E-state index contributed by atoms with van der Waals surface area (Å²) in [5, 5.41) is 0.